The first-order valence-electron chi connectivity index (χ1n) is 23.2. The molecule has 5 aliphatic carbocycles. The number of hydrogen-bond acceptors (Lipinski definition) is 2. The molecule has 1 fully saturated rings. The van der Waals surface area contributed by atoms with Gasteiger partial charge in [0, 0.05) is 33.8 Å². The Morgan fingerprint density at radius 3 is 1.92 bits per heavy atom. The molecule has 1 heterocycles. The summed E-state index contributed by atoms with van der Waals surface area (Å²) in [6.45, 7) is 4.88. The van der Waals surface area contributed by atoms with Crippen LogP contribution in [0.15, 0.2) is 194 Å². The van der Waals surface area contributed by atoms with Crippen molar-refractivity contribution in [1.82, 2.24) is 9.97 Å². The Morgan fingerprint density at radius 2 is 1.19 bits per heavy atom. The quantitative estimate of drug-likeness (QED) is 0.167. The Kier molecular flexibility index (Phi) is 9.08. The minimum absolute atomic E-state index is 0.0411. The number of nitrogens with zero attached hydrogens (tertiary/aromatic N) is 2. The van der Waals surface area contributed by atoms with Crippen molar-refractivity contribution < 1.29 is 0 Å². The van der Waals surface area contributed by atoms with Crippen molar-refractivity contribution in [3.05, 3.63) is 227 Å². The van der Waals surface area contributed by atoms with Gasteiger partial charge in [-0.1, -0.05) is 197 Å². The summed E-state index contributed by atoms with van der Waals surface area (Å²) in [6, 6.07) is 58.0. The van der Waals surface area contributed by atoms with Gasteiger partial charge >= 0.3 is 0 Å². The maximum absolute atomic E-state index is 5.21. The number of aromatic nitrogens is 2. The third kappa shape index (κ3) is 6.37. The molecule has 3 unspecified atom stereocenters. The van der Waals surface area contributed by atoms with E-state index in [1.807, 2.05) is 6.07 Å². The van der Waals surface area contributed by atoms with E-state index in [1.165, 1.54) is 87.8 Å². The van der Waals surface area contributed by atoms with E-state index in [9.17, 15) is 0 Å². The van der Waals surface area contributed by atoms with E-state index in [0.717, 1.165) is 34.8 Å². The summed E-state index contributed by atoms with van der Waals surface area (Å²) in [6.07, 6.45) is 19.9. The molecule has 5 aliphatic rings. The zero-order chi connectivity index (χ0) is 42.1. The van der Waals surface area contributed by atoms with Gasteiger partial charge in [0.05, 0.1) is 11.4 Å². The zero-order valence-corrected chi connectivity index (χ0v) is 36.3. The molecule has 1 saturated carbocycles. The minimum Gasteiger partial charge on any atom is -0.232 e. The number of benzene rings is 6. The van der Waals surface area contributed by atoms with Gasteiger partial charge in [-0.3, -0.25) is 0 Å². The van der Waals surface area contributed by atoms with Gasteiger partial charge in [-0.2, -0.15) is 0 Å². The molecule has 1 aromatic heterocycles. The smallest absolute Gasteiger partial charge is 0.160 e. The summed E-state index contributed by atoms with van der Waals surface area (Å²) in [4.78, 5) is 10.4. The Balaban J connectivity index is 0.881. The molecule has 0 saturated heterocycles. The predicted octanol–water partition coefficient (Wildman–Crippen LogP) is 15.5. The van der Waals surface area contributed by atoms with Crippen LogP contribution in [0.1, 0.15) is 97.7 Å². The van der Waals surface area contributed by atoms with E-state index in [1.54, 1.807) is 11.1 Å². The molecule has 3 atom stereocenters. The van der Waals surface area contributed by atoms with Crippen molar-refractivity contribution in [2.75, 3.05) is 0 Å². The Bertz CT molecular complexity index is 3050. The molecule has 2 heteroatoms. The number of rotatable bonds is 6. The second-order valence-electron chi connectivity index (χ2n) is 19.2. The maximum Gasteiger partial charge on any atom is 0.160 e. The fourth-order valence-corrected chi connectivity index (χ4v) is 12.1. The molecule has 12 rings (SSSR count). The molecule has 0 radical (unpaired) electrons. The Hall–Kier alpha value is -6.64. The lowest BCUT2D eigenvalue weighted by Gasteiger charge is -2.41. The summed E-state index contributed by atoms with van der Waals surface area (Å²) in [5, 5.41) is 0. The molecule has 0 N–H and O–H groups in total. The largest absolute Gasteiger partial charge is 0.232 e. The monoisotopic (exact) mass is 812 g/mol. The van der Waals surface area contributed by atoms with E-state index in [4.69, 9.17) is 9.97 Å². The zero-order valence-electron chi connectivity index (χ0n) is 36.3. The maximum atomic E-state index is 5.21. The second kappa shape index (κ2) is 15.0. The van der Waals surface area contributed by atoms with Crippen LogP contribution < -0.4 is 0 Å². The van der Waals surface area contributed by atoms with Crippen LogP contribution >= 0.6 is 0 Å². The summed E-state index contributed by atoms with van der Waals surface area (Å²) in [5.41, 5.74) is 20.8. The van der Waals surface area contributed by atoms with Crippen LogP contribution in [0.2, 0.25) is 0 Å². The average Bonchev–Trinajstić information content (AvgIpc) is 3.74. The molecule has 2 nitrogen and oxygen atoms in total. The lowest BCUT2D eigenvalue weighted by molar-refractivity contribution is 0.233. The number of allylic oxidation sites excluding steroid dienone is 8. The molecule has 306 valence electrons. The van der Waals surface area contributed by atoms with Crippen LogP contribution in [-0.4, -0.2) is 9.97 Å². The Labute approximate surface area is 372 Å². The van der Waals surface area contributed by atoms with Crippen molar-refractivity contribution in [3.63, 3.8) is 0 Å². The van der Waals surface area contributed by atoms with E-state index >= 15 is 0 Å². The number of hydrogen-bond donors (Lipinski definition) is 0. The van der Waals surface area contributed by atoms with Crippen LogP contribution in [0, 0.1) is 5.92 Å². The molecular weight excluding hydrogens is 761 g/mol. The first-order valence-corrected chi connectivity index (χ1v) is 23.2. The third-order valence-electron chi connectivity index (χ3n) is 15.3. The summed E-state index contributed by atoms with van der Waals surface area (Å²) >= 11 is 0. The fraction of sp³-hybridized carbons (Fsp3) is 0.213. The Morgan fingerprint density at radius 1 is 0.540 bits per heavy atom. The molecule has 0 amide bonds. The van der Waals surface area contributed by atoms with E-state index < -0.39 is 0 Å². The van der Waals surface area contributed by atoms with Crippen molar-refractivity contribution in [1.29, 1.82) is 0 Å². The van der Waals surface area contributed by atoms with E-state index in [2.05, 4.69) is 196 Å². The number of fused-ring (bicyclic) bond motifs is 8. The highest BCUT2D eigenvalue weighted by atomic mass is 14.9. The molecule has 6 aromatic carbocycles. The minimum atomic E-state index is -0.0411. The van der Waals surface area contributed by atoms with Crippen molar-refractivity contribution in [3.8, 4) is 44.9 Å². The molecule has 63 heavy (non-hydrogen) atoms. The van der Waals surface area contributed by atoms with Crippen LogP contribution in [-0.2, 0) is 10.8 Å². The van der Waals surface area contributed by atoms with Gasteiger partial charge in [-0.05, 0) is 116 Å². The SMILES string of the molecule is CC1(C)C2=CC3c4ccccc4C4(CCCCC4)C3C=C2c2cc(-c3cccc(-c4cccc(-c5cc(C6C=CC(c7ccccc7)=CC6)nc(-c6ccccc6)n5)c4)c3)ccc21. The van der Waals surface area contributed by atoms with Gasteiger partial charge in [0.2, 0.25) is 0 Å². The van der Waals surface area contributed by atoms with Crippen LogP contribution in [0.4, 0.5) is 0 Å². The highest BCUT2D eigenvalue weighted by molar-refractivity contribution is 5.93. The van der Waals surface area contributed by atoms with Crippen molar-refractivity contribution in [2.24, 2.45) is 5.92 Å². The van der Waals surface area contributed by atoms with Crippen LogP contribution in [0.25, 0.3) is 56.0 Å². The van der Waals surface area contributed by atoms with Gasteiger partial charge in [0.15, 0.2) is 5.82 Å². The normalized spacial score (nSPS) is 21.1. The second-order valence-corrected chi connectivity index (χ2v) is 19.2. The topological polar surface area (TPSA) is 25.8 Å². The average molecular weight is 813 g/mol. The third-order valence-corrected chi connectivity index (χ3v) is 15.3. The first-order chi connectivity index (χ1) is 30.9. The summed E-state index contributed by atoms with van der Waals surface area (Å²) in [5.74, 6) is 1.91. The van der Waals surface area contributed by atoms with Gasteiger partial charge in [-0.15, -0.1) is 0 Å². The van der Waals surface area contributed by atoms with Gasteiger partial charge in [0.25, 0.3) is 0 Å². The molecule has 0 bridgehead atoms. The van der Waals surface area contributed by atoms with Crippen molar-refractivity contribution in [2.45, 2.75) is 75.0 Å². The summed E-state index contributed by atoms with van der Waals surface area (Å²) in [7, 11) is 0. The lowest BCUT2D eigenvalue weighted by Crippen LogP contribution is -2.35. The molecule has 0 aliphatic heterocycles. The van der Waals surface area contributed by atoms with E-state index in [0.29, 0.717) is 11.8 Å². The van der Waals surface area contributed by atoms with Crippen molar-refractivity contribution >= 4 is 11.1 Å². The predicted molar refractivity (Wildman–Crippen MR) is 261 cm³/mol. The van der Waals surface area contributed by atoms with Crippen LogP contribution in [0.5, 0.6) is 0 Å². The van der Waals surface area contributed by atoms with E-state index in [-0.39, 0.29) is 16.7 Å². The summed E-state index contributed by atoms with van der Waals surface area (Å²) < 4.78 is 0. The first kappa shape index (κ1) is 38.1. The lowest BCUT2D eigenvalue weighted by atomic mass is 9.62. The van der Waals surface area contributed by atoms with Gasteiger partial charge in [-0.25, -0.2) is 9.97 Å². The molecule has 1 spiro atoms. The molecule has 7 aromatic rings. The van der Waals surface area contributed by atoms with Crippen LogP contribution in [0.3, 0.4) is 0 Å². The fourth-order valence-electron chi connectivity index (χ4n) is 12.1. The standard InChI is InChI=1S/C61H52N2/c1-60(2)53-31-30-47(36-50(53)52-38-56-51(37-55(52)60)49-24-10-11-25-54(49)61(56)32-12-5-13-33-61)45-21-14-20-44(34-45)46-22-15-23-48(35-46)58-39-57(62-59(63-58)43-18-8-4-9-19-43)42-28-26-41(27-29-42)40-16-6-3-7-17-40/h3-4,6-11,14-28,30-31,34-39,42,51,56H,5,12-13,29,32-33H2,1-2H3. The molecular formula is C61H52N2. The van der Waals surface area contributed by atoms with Gasteiger partial charge < -0.3 is 0 Å². The highest BCUT2D eigenvalue weighted by Crippen LogP contribution is 2.64. The highest BCUT2D eigenvalue weighted by Gasteiger charge is 2.53. The van der Waals surface area contributed by atoms with Gasteiger partial charge in [0.1, 0.15) is 0 Å².